The van der Waals surface area contributed by atoms with Crippen LogP contribution in [0.1, 0.15) is 65.2 Å². The van der Waals surface area contributed by atoms with E-state index in [1.807, 2.05) is 48.5 Å². The molecule has 2 amide bonds. The van der Waals surface area contributed by atoms with Gasteiger partial charge < -0.3 is 4.74 Å². The van der Waals surface area contributed by atoms with Crippen LogP contribution in [-0.2, 0) is 23.0 Å². The highest BCUT2D eigenvalue weighted by atomic mass is 79.9. The van der Waals surface area contributed by atoms with E-state index >= 15 is 0 Å². The number of anilines is 1. The van der Waals surface area contributed by atoms with E-state index in [9.17, 15) is 14.4 Å². The molecular weight excluding hydrogens is 610 g/mol. The normalized spacial score (nSPS) is 26.7. The zero-order valence-electron chi connectivity index (χ0n) is 21.0. The van der Waals surface area contributed by atoms with Gasteiger partial charge >= 0.3 is 5.97 Å². The molecule has 1 heterocycles. The molecule has 3 aliphatic carbocycles. The van der Waals surface area contributed by atoms with Gasteiger partial charge in [-0.1, -0.05) is 113 Å². The number of nitrogens with zero attached hydrogens (tertiary/aromatic N) is 1. The summed E-state index contributed by atoms with van der Waals surface area (Å²) in [5.74, 6) is -2.33. The lowest BCUT2D eigenvalue weighted by atomic mass is 9.54. The summed E-state index contributed by atoms with van der Waals surface area (Å²) in [5.41, 5.74) is 4.65. The highest BCUT2D eigenvalue weighted by molar-refractivity contribution is 9.10. The average Bonchev–Trinajstić information content (AvgIpc) is 3.22. The van der Waals surface area contributed by atoms with Gasteiger partial charge in [-0.15, -0.1) is 0 Å². The molecule has 2 atom stereocenters. The Morgan fingerprint density at radius 3 is 1.82 bits per heavy atom. The molecule has 0 N–H and O–H groups in total. The predicted molar refractivity (Wildman–Crippen MR) is 153 cm³/mol. The quantitative estimate of drug-likeness (QED) is 0.123. The number of rotatable bonds is 7. The van der Waals surface area contributed by atoms with Crippen LogP contribution in [-0.4, -0.2) is 24.4 Å². The van der Waals surface area contributed by atoms with Crippen molar-refractivity contribution in [2.45, 2.75) is 41.3 Å². The van der Waals surface area contributed by atoms with Crippen LogP contribution in [0.25, 0.3) is 0 Å². The van der Waals surface area contributed by atoms with Gasteiger partial charge in [0.2, 0.25) is 11.8 Å². The van der Waals surface area contributed by atoms with E-state index in [0.717, 1.165) is 47.9 Å². The molecule has 0 saturated carbocycles. The molecule has 0 aromatic heterocycles. The number of carbonyl (C=O) groups excluding carboxylic acids is 3. The van der Waals surface area contributed by atoms with Gasteiger partial charge in [0, 0.05) is 0 Å². The van der Waals surface area contributed by atoms with Crippen molar-refractivity contribution in [3.8, 4) is 0 Å². The van der Waals surface area contributed by atoms with Crippen molar-refractivity contribution in [2.75, 3.05) is 11.5 Å². The third kappa shape index (κ3) is 3.44. The number of benzene rings is 3. The first-order valence-corrected chi connectivity index (χ1v) is 14.7. The molecule has 5 nitrogen and oxygen atoms in total. The summed E-state index contributed by atoms with van der Waals surface area (Å²) < 4.78 is 3.76. The van der Waals surface area contributed by atoms with E-state index in [-0.39, 0.29) is 11.8 Å². The molecule has 1 aliphatic heterocycles. The lowest BCUT2D eigenvalue weighted by molar-refractivity contribution is -0.122. The maximum absolute atomic E-state index is 14.2. The second-order valence-electron chi connectivity index (χ2n) is 10.2. The van der Waals surface area contributed by atoms with Gasteiger partial charge in [-0.25, -0.2) is 9.69 Å². The third-order valence-electron chi connectivity index (χ3n) is 8.16. The number of imide groups is 1. The highest BCUT2D eigenvalue weighted by Gasteiger charge is 2.72. The maximum atomic E-state index is 14.2. The van der Waals surface area contributed by atoms with Crippen molar-refractivity contribution in [1.29, 1.82) is 0 Å². The summed E-state index contributed by atoms with van der Waals surface area (Å²) in [6.45, 7) is 2.48. The van der Waals surface area contributed by atoms with Gasteiger partial charge in [-0.3, -0.25) is 9.59 Å². The fraction of sp³-hybridized carbons (Fsp3) is 0.323. The van der Waals surface area contributed by atoms with Crippen LogP contribution in [0.4, 0.5) is 5.69 Å². The second-order valence-corrected chi connectivity index (χ2v) is 12.7. The molecule has 7 rings (SSSR count). The first-order valence-electron chi connectivity index (χ1n) is 13.1. The molecule has 0 spiro atoms. The summed E-state index contributed by atoms with van der Waals surface area (Å²) in [6, 6.07) is 22.6. The molecule has 3 aromatic carbocycles. The Morgan fingerprint density at radius 1 is 0.789 bits per heavy atom. The Bertz CT molecular complexity index is 1350. The standard InChI is InChI=1S/C31H27Br2NO4/c1-2-3-4-9-17-38-29(37)19-11-10-12-20(18-19)34-27(35)25-26(28(34)36)31(33)22-14-6-5-13-21(22)30(25,32)23-15-7-8-16-24(23)31/h5-8,10-16,18,25-26H,2-4,9,17H2,1H3/t25-,26-,30?,31?/m1/s1. The number of hydrogen-bond acceptors (Lipinski definition) is 4. The van der Waals surface area contributed by atoms with Gasteiger partial charge in [0.25, 0.3) is 0 Å². The van der Waals surface area contributed by atoms with E-state index in [2.05, 4.69) is 38.8 Å². The summed E-state index contributed by atoms with van der Waals surface area (Å²) in [7, 11) is 0. The fourth-order valence-electron chi connectivity index (χ4n) is 6.47. The van der Waals surface area contributed by atoms with Crippen LogP contribution in [0.5, 0.6) is 0 Å². The monoisotopic (exact) mass is 635 g/mol. The molecule has 38 heavy (non-hydrogen) atoms. The van der Waals surface area contributed by atoms with Crippen LogP contribution >= 0.6 is 31.9 Å². The van der Waals surface area contributed by atoms with Crippen molar-refractivity contribution in [3.63, 3.8) is 0 Å². The van der Waals surface area contributed by atoms with Crippen LogP contribution in [0.3, 0.4) is 0 Å². The number of esters is 1. The first-order chi connectivity index (χ1) is 18.3. The zero-order chi connectivity index (χ0) is 26.7. The number of alkyl halides is 2. The molecule has 4 aliphatic rings. The lowest BCUT2D eigenvalue weighted by Crippen LogP contribution is -2.56. The molecule has 0 radical (unpaired) electrons. The number of amides is 2. The van der Waals surface area contributed by atoms with E-state index in [0.29, 0.717) is 17.9 Å². The minimum Gasteiger partial charge on any atom is -0.462 e. The van der Waals surface area contributed by atoms with E-state index in [1.165, 1.54) is 4.90 Å². The largest absolute Gasteiger partial charge is 0.462 e. The van der Waals surface area contributed by atoms with E-state index in [4.69, 9.17) is 4.74 Å². The van der Waals surface area contributed by atoms with Crippen LogP contribution in [0.15, 0.2) is 72.8 Å². The molecular formula is C31H27Br2NO4. The molecule has 1 saturated heterocycles. The van der Waals surface area contributed by atoms with Crippen molar-refractivity contribution >= 4 is 55.3 Å². The number of ether oxygens (including phenoxy) is 1. The van der Waals surface area contributed by atoms with Gasteiger partial charge in [0.15, 0.2) is 0 Å². The third-order valence-corrected chi connectivity index (χ3v) is 10.9. The Morgan fingerprint density at radius 2 is 1.32 bits per heavy atom. The highest BCUT2D eigenvalue weighted by Crippen LogP contribution is 2.70. The Hall–Kier alpha value is -2.77. The van der Waals surface area contributed by atoms with Crippen LogP contribution in [0.2, 0.25) is 0 Å². The van der Waals surface area contributed by atoms with Gasteiger partial charge in [0.05, 0.1) is 38.3 Å². The summed E-state index contributed by atoms with van der Waals surface area (Å²) in [4.78, 5) is 42.4. The molecule has 194 valence electrons. The van der Waals surface area contributed by atoms with Gasteiger partial charge in [-0.05, 0) is 46.9 Å². The predicted octanol–water partition coefficient (Wildman–Crippen LogP) is 6.83. The topological polar surface area (TPSA) is 63.7 Å². The van der Waals surface area contributed by atoms with Crippen molar-refractivity contribution < 1.29 is 19.1 Å². The maximum Gasteiger partial charge on any atom is 0.338 e. The number of carbonyl (C=O) groups is 3. The number of halogens is 2. The Labute approximate surface area is 238 Å². The summed E-state index contributed by atoms with van der Waals surface area (Å²) >= 11 is 8.04. The molecule has 7 heteroatoms. The molecule has 0 unspecified atom stereocenters. The zero-order valence-corrected chi connectivity index (χ0v) is 24.1. The fourth-order valence-corrected chi connectivity index (χ4v) is 8.77. The van der Waals surface area contributed by atoms with E-state index < -0.39 is 26.5 Å². The number of hydrogen-bond donors (Lipinski definition) is 0. The average molecular weight is 637 g/mol. The van der Waals surface area contributed by atoms with Crippen LogP contribution < -0.4 is 4.90 Å². The minimum absolute atomic E-state index is 0.283. The van der Waals surface area contributed by atoms with Crippen LogP contribution in [0, 0.1) is 11.8 Å². The lowest BCUT2D eigenvalue weighted by Gasteiger charge is -2.55. The van der Waals surface area contributed by atoms with Crippen molar-refractivity contribution in [1.82, 2.24) is 0 Å². The minimum atomic E-state index is -0.850. The molecule has 3 aromatic rings. The summed E-state index contributed by atoms with van der Waals surface area (Å²) in [5, 5.41) is 0. The number of unbranched alkanes of at least 4 members (excludes halogenated alkanes) is 3. The molecule has 1 fully saturated rings. The van der Waals surface area contributed by atoms with E-state index in [1.54, 1.807) is 24.3 Å². The second kappa shape index (κ2) is 9.45. The first kappa shape index (κ1) is 25.5. The van der Waals surface area contributed by atoms with Gasteiger partial charge in [-0.2, -0.15) is 0 Å². The van der Waals surface area contributed by atoms with Crippen molar-refractivity contribution in [3.05, 3.63) is 101 Å². The van der Waals surface area contributed by atoms with Crippen molar-refractivity contribution in [2.24, 2.45) is 11.8 Å². The van der Waals surface area contributed by atoms with Gasteiger partial charge in [0.1, 0.15) is 0 Å². The Kier molecular flexibility index (Phi) is 6.35. The molecule has 2 bridgehead atoms. The summed E-state index contributed by atoms with van der Waals surface area (Å²) in [6.07, 6.45) is 4.04. The Balaban J connectivity index is 1.39. The SMILES string of the molecule is CCCCCCOC(=O)c1cccc(N2C(=O)[C@H]3[C@H](C2=O)C2(Br)c4ccccc4C3(Br)c3ccccc32)c1. The smallest absolute Gasteiger partial charge is 0.338 e.